The van der Waals surface area contributed by atoms with E-state index in [0.29, 0.717) is 25.2 Å². The summed E-state index contributed by atoms with van der Waals surface area (Å²) in [7, 11) is 0. The zero-order chi connectivity index (χ0) is 19.9. The first-order chi connectivity index (χ1) is 13.6. The van der Waals surface area contributed by atoms with Crippen LogP contribution in [0.15, 0.2) is 48.5 Å². The summed E-state index contributed by atoms with van der Waals surface area (Å²) < 4.78 is 27.3. The van der Waals surface area contributed by atoms with Gasteiger partial charge in [0.2, 0.25) is 0 Å². The number of unbranched alkanes of at least 4 members (excludes halogenated alkanes) is 1. The van der Waals surface area contributed by atoms with E-state index in [4.69, 9.17) is 0 Å². The molecule has 3 nitrogen and oxygen atoms in total. The van der Waals surface area contributed by atoms with E-state index in [9.17, 15) is 13.6 Å². The number of amides is 1. The minimum atomic E-state index is -0.273. The second-order valence-electron chi connectivity index (χ2n) is 7.16. The van der Waals surface area contributed by atoms with Crippen LogP contribution in [-0.4, -0.2) is 36.2 Å². The Morgan fingerprint density at radius 2 is 1.93 bits per heavy atom. The lowest BCUT2D eigenvalue weighted by Gasteiger charge is -2.27. The van der Waals surface area contributed by atoms with Crippen molar-refractivity contribution in [3.63, 3.8) is 0 Å². The van der Waals surface area contributed by atoms with Crippen LogP contribution >= 0.6 is 11.8 Å². The van der Waals surface area contributed by atoms with Gasteiger partial charge in [-0.1, -0.05) is 43.7 Å². The van der Waals surface area contributed by atoms with E-state index >= 15 is 0 Å². The minimum absolute atomic E-state index is 0.0711. The summed E-state index contributed by atoms with van der Waals surface area (Å²) in [6.45, 7) is 4.47. The van der Waals surface area contributed by atoms with Crippen LogP contribution in [0.25, 0.3) is 0 Å². The van der Waals surface area contributed by atoms with E-state index in [0.717, 1.165) is 35.6 Å². The highest BCUT2D eigenvalue weighted by atomic mass is 32.2. The third-order valence-electron chi connectivity index (χ3n) is 5.05. The van der Waals surface area contributed by atoms with Crippen LogP contribution in [0.5, 0.6) is 0 Å². The molecule has 0 radical (unpaired) electrons. The summed E-state index contributed by atoms with van der Waals surface area (Å²) >= 11 is 1.70. The first-order valence-electron chi connectivity index (χ1n) is 9.82. The van der Waals surface area contributed by atoms with E-state index in [1.54, 1.807) is 36.0 Å². The molecule has 0 aliphatic carbocycles. The summed E-state index contributed by atoms with van der Waals surface area (Å²) in [5, 5.41) is -0.0750. The van der Waals surface area contributed by atoms with Crippen LogP contribution in [-0.2, 0) is 11.3 Å². The fraction of sp³-hybridized carbons (Fsp3) is 0.409. The molecule has 0 aromatic heterocycles. The zero-order valence-corrected chi connectivity index (χ0v) is 17.0. The molecule has 1 unspecified atom stereocenters. The Labute approximate surface area is 169 Å². The number of nitrogens with one attached hydrogen (secondary N) is 1. The highest BCUT2D eigenvalue weighted by Crippen LogP contribution is 2.37. The Hall–Kier alpha value is -1.92. The first-order valence-corrected chi connectivity index (χ1v) is 10.9. The molecule has 1 amide bonds. The summed E-state index contributed by atoms with van der Waals surface area (Å²) in [6.07, 6.45) is 2.03. The number of thioether (sulfide) groups is 1. The fourth-order valence-corrected chi connectivity index (χ4v) is 4.80. The van der Waals surface area contributed by atoms with Gasteiger partial charge in [-0.05, 0) is 30.2 Å². The molecule has 0 bridgehead atoms. The van der Waals surface area contributed by atoms with E-state index < -0.39 is 0 Å². The highest BCUT2D eigenvalue weighted by Gasteiger charge is 2.32. The average Bonchev–Trinajstić information content (AvgIpc) is 3.18. The third-order valence-corrected chi connectivity index (χ3v) is 6.31. The van der Waals surface area contributed by atoms with Gasteiger partial charge in [-0.2, -0.15) is 0 Å². The molecule has 1 fully saturated rings. The summed E-state index contributed by atoms with van der Waals surface area (Å²) in [4.78, 5) is 16.0. The molecule has 2 aromatic rings. The van der Waals surface area contributed by atoms with Gasteiger partial charge in [0, 0.05) is 17.9 Å². The van der Waals surface area contributed by atoms with Crippen LogP contribution in [0.2, 0.25) is 0 Å². The molecule has 1 heterocycles. The van der Waals surface area contributed by atoms with Crippen LogP contribution in [0.4, 0.5) is 8.78 Å². The van der Waals surface area contributed by atoms with Crippen LogP contribution in [0, 0.1) is 11.6 Å². The van der Waals surface area contributed by atoms with Gasteiger partial charge in [-0.25, -0.2) is 8.78 Å². The molecule has 1 N–H and O–H groups in total. The molecule has 150 valence electrons. The predicted octanol–water partition coefficient (Wildman–Crippen LogP) is 3.42. The maximum atomic E-state index is 14.1. The number of quaternary nitrogens is 1. The van der Waals surface area contributed by atoms with Crippen LogP contribution in [0.1, 0.15) is 36.3 Å². The summed E-state index contributed by atoms with van der Waals surface area (Å²) in [6, 6.07) is 13.2. The molecule has 1 saturated heterocycles. The van der Waals surface area contributed by atoms with Gasteiger partial charge >= 0.3 is 0 Å². The summed E-state index contributed by atoms with van der Waals surface area (Å²) in [5.74, 6) is 0.446. The van der Waals surface area contributed by atoms with Crippen molar-refractivity contribution in [3.8, 4) is 0 Å². The quantitative estimate of drug-likeness (QED) is 0.728. The topological polar surface area (TPSA) is 24.8 Å². The lowest BCUT2D eigenvalue weighted by molar-refractivity contribution is -0.906. The molecule has 1 aliphatic rings. The van der Waals surface area contributed by atoms with Crippen molar-refractivity contribution in [2.45, 2.75) is 31.7 Å². The Morgan fingerprint density at radius 1 is 1.18 bits per heavy atom. The van der Waals surface area contributed by atoms with E-state index in [-0.39, 0.29) is 22.9 Å². The normalized spacial score (nSPS) is 17.7. The largest absolute Gasteiger partial charge is 0.323 e. The van der Waals surface area contributed by atoms with Gasteiger partial charge in [-0.15, -0.1) is 11.8 Å². The smallest absolute Gasteiger partial charge is 0.278 e. The van der Waals surface area contributed by atoms with Crippen LogP contribution < -0.4 is 4.90 Å². The highest BCUT2D eigenvalue weighted by molar-refractivity contribution is 7.99. The number of carbonyl (C=O) groups excluding carboxylic acids is 1. The molecule has 1 aliphatic heterocycles. The Morgan fingerprint density at radius 3 is 2.64 bits per heavy atom. The zero-order valence-electron chi connectivity index (χ0n) is 16.2. The number of halogens is 2. The molecular weight excluding hydrogens is 378 g/mol. The molecular formula is C22H27F2N2OS+. The van der Waals surface area contributed by atoms with E-state index in [1.165, 1.54) is 18.2 Å². The molecule has 2 aromatic carbocycles. The van der Waals surface area contributed by atoms with Crippen molar-refractivity contribution in [1.29, 1.82) is 0 Å². The van der Waals surface area contributed by atoms with Gasteiger partial charge < -0.3 is 9.80 Å². The molecule has 0 saturated carbocycles. The maximum Gasteiger partial charge on any atom is 0.278 e. The van der Waals surface area contributed by atoms with Crippen molar-refractivity contribution in [2.24, 2.45) is 0 Å². The average molecular weight is 406 g/mol. The summed E-state index contributed by atoms with van der Waals surface area (Å²) in [5.41, 5.74) is 1.59. The van der Waals surface area contributed by atoms with Gasteiger partial charge in [0.1, 0.15) is 23.6 Å². The molecule has 2 atom stereocenters. The van der Waals surface area contributed by atoms with Gasteiger partial charge in [0.25, 0.3) is 5.91 Å². The Bertz CT molecular complexity index is 784. The van der Waals surface area contributed by atoms with Gasteiger partial charge in [-0.3, -0.25) is 4.79 Å². The molecule has 28 heavy (non-hydrogen) atoms. The second-order valence-corrected chi connectivity index (χ2v) is 8.35. The maximum absolute atomic E-state index is 14.1. The van der Waals surface area contributed by atoms with Crippen molar-refractivity contribution in [2.75, 3.05) is 25.4 Å². The van der Waals surface area contributed by atoms with Crippen molar-refractivity contribution in [1.82, 2.24) is 4.90 Å². The number of benzene rings is 2. The first kappa shape index (κ1) is 20.8. The molecule has 6 heteroatoms. The molecule has 0 spiro atoms. The lowest BCUT2D eigenvalue weighted by atomic mass is 10.1. The monoisotopic (exact) mass is 405 g/mol. The third kappa shape index (κ3) is 5.32. The SMILES string of the molecule is CCCC[NH+](CC(=O)N1CCS[C@H]1c1ccc(F)cc1)Cc1ccccc1F. The van der Waals surface area contributed by atoms with Crippen molar-refractivity contribution < 1.29 is 18.5 Å². The van der Waals surface area contributed by atoms with E-state index in [2.05, 4.69) is 6.92 Å². The number of hydrogen-bond acceptors (Lipinski definition) is 2. The second kappa shape index (κ2) is 10.0. The standard InChI is InChI=1S/C22H26F2N2OS/c1-2-3-12-25(15-18-6-4-5-7-20(18)24)16-21(27)26-13-14-28-22(26)17-8-10-19(23)11-9-17/h4-11,22H,2-3,12-16H2,1H3/p+1/t22-/m0/s1. The predicted molar refractivity (Wildman–Crippen MR) is 109 cm³/mol. The van der Waals surface area contributed by atoms with Crippen molar-refractivity contribution in [3.05, 3.63) is 71.3 Å². The Kier molecular flexibility index (Phi) is 7.45. The number of hydrogen-bond donors (Lipinski definition) is 1. The minimum Gasteiger partial charge on any atom is -0.323 e. The fourth-order valence-electron chi connectivity index (χ4n) is 3.52. The van der Waals surface area contributed by atoms with Gasteiger partial charge in [0.15, 0.2) is 6.54 Å². The van der Waals surface area contributed by atoms with Crippen molar-refractivity contribution >= 4 is 17.7 Å². The number of rotatable bonds is 8. The Balaban J connectivity index is 1.69. The van der Waals surface area contributed by atoms with Crippen LogP contribution in [0.3, 0.4) is 0 Å². The number of nitrogens with zero attached hydrogens (tertiary/aromatic N) is 1. The van der Waals surface area contributed by atoms with E-state index in [1.807, 2.05) is 11.0 Å². The number of carbonyl (C=O) groups is 1. The molecule has 3 rings (SSSR count). The lowest BCUT2D eigenvalue weighted by Crippen LogP contribution is -3.12. The van der Waals surface area contributed by atoms with Gasteiger partial charge in [0.05, 0.1) is 6.54 Å².